The minimum Gasteiger partial charge on any atom is -0.493 e. The van der Waals surface area contributed by atoms with E-state index in [2.05, 4.69) is 5.43 Å². The molecule has 0 amide bonds. The van der Waals surface area contributed by atoms with E-state index in [9.17, 15) is 8.42 Å². The molecular formula is C13H19ClN2O3S. The number of ether oxygens (including phenoxy) is 1. The fourth-order valence-corrected chi connectivity index (χ4v) is 3.43. The van der Waals surface area contributed by atoms with E-state index in [1.165, 1.54) is 6.26 Å². The molecule has 0 aromatic heterocycles. The van der Waals surface area contributed by atoms with Crippen molar-refractivity contribution >= 4 is 21.4 Å². The van der Waals surface area contributed by atoms with Crippen molar-refractivity contribution in [3.63, 3.8) is 0 Å². The lowest BCUT2D eigenvalue weighted by Crippen LogP contribution is -2.47. The number of hydrogen-bond acceptors (Lipinski definition) is 5. The largest absolute Gasteiger partial charge is 0.493 e. The molecular weight excluding hydrogens is 300 g/mol. The van der Waals surface area contributed by atoms with Crippen LogP contribution in [0.2, 0.25) is 5.02 Å². The quantitative estimate of drug-likeness (QED) is 0.627. The molecule has 3 N–H and O–H groups in total. The van der Waals surface area contributed by atoms with Crippen molar-refractivity contribution in [3.8, 4) is 5.75 Å². The van der Waals surface area contributed by atoms with Crippen LogP contribution in [0.3, 0.4) is 0 Å². The molecule has 1 aromatic carbocycles. The number of fused-ring (bicyclic) bond motifs is 1. The highest BCUT2D eigenvalue weighted by molar-refractivity contribution is 7.91. The van der Waals surface area contributed by atoms with Gasteiger partial charge in [0.05, 0.1) is 11.9 Å². The Balaban J connectivity index is 2.29. The molecule has 1 aliphatic heterocycles. The Morgan fingerprint density at radius 2 is 2.20 bits per heavy atom. The lowest BCUT2D eigenvalue weighted by atomic mass is 10.0. The Morgan fingerprint density at radius 1 is 1.50 bits per heavy atom. The second kappa shape index (κ2) is 5.89. The van der Waals surface area contributed by atoms with Crippen LogP contribution in [0.25, 0.3) is 0 Å². The molecule has 1 heterocycles. The van der Waals surface area contributed by atoms with Gasteiger partial charge in [0.15, 0.2) is 9.84 Å². The Labute approximate surface area is 124 Å². The van der Waals surface area contributed by atoms with Crippen LogP contribution in [0.15, 0.2) is 12.1 Å². The highest BCUT2D eigenvalue weighted by Gasteiger charge is 2.27. The standard InChI is InChI=1S/C13H19ClN2O3S/c1-8(20(2,17)18)12(16-15)7-10-6-11(14)5-9-3-4-19-13(9)10/h5-6,8,12,16H,3-4,7,15H2,1-2H3. The molecule has 0 radical (unpaired) electrons. The van der Waals surface area contributed by atoms with Crippen LogP contribution in [0.4, 0.5) is 0 Å². The molecule has 2 atom stereocenters. The van der Waals surface area contributed by atoms with E-state index in [1.807, 2.05) is 12.1 Å². The molecule has 0 fully saturated rings. The fourth-order valence-electron chi connectivity index (χ4n) is 2.39. The van der Waals surface area contributed by atoms with Gasteiger partial charge < -0.3 is 4.74 Å². The third kappa shape index (κ3) is 3.25. The molecule has 0 saturated carbocycles. The summed E-state index contributed by atoms with van der Waals surface area (Å²) >= 11 is 6.10. The summed E-state index contributed by atoms with van der Waals surface area (Å²) in [6.07, 6.45) is 2.49. The number of rotatable bonds is 5. The van der Waals surface area contributed by atoms with E-state index in [0.717, 1.165) is 23.3 Å². The average molecular weight is 319 g/mol. The van der Waals surface area contributed by atoms with E-state index >= 15 is 0 Å². The lowest BCUT2D eigenvalue weighted by molar-refractivity contribution is 0.351. The summed E-state index contributed by atoms with van der Waals surface area (Å²) < 4.78 is 29.0. The Morgan fingerprint density at radius 3 is 2.80 bits per heavy atom. The molecule has 5 nitrogen and oxygen atoms in total. The van der Waals surface area contributed by atoms with Gasteiger partial charge in [-0.1, -0.05) is 11.6 Å². The third-order valence-electron chi connectivity index (χ3n) is 3.72. The Bertz CT molecular complexity index is 604. The first kappa shape index (κ1) is 15.6. The SMILES string of the molecule is CC(C(Cc1cc(Cl)cc2c1OCC2)NN)S(C)(=O)=O. The normalized spacial score (nSPS) is 17.4. The molecule has 0 spiro atoms. The Kier molecular flexibility index (Phi) is 4.59. The summed E-state index contributed by atoms with van der Waals surface area (Å²) in [4.78, 5) is 0. The van der Waals surface area contributed by atoms with Gasteiger partial charge in [0, 0.05) is 23.7 Å². The molecule has 0 bridgehead atoms. The fraction of sp³-hybridized carbons (Fsp3) is 0.538. The summed E-state index contributed by atoms with van der Waals surface area (Å²) in [7, 11) is -3.17. The van der Waals surface area contributed by atoms with Crippen LogP contribution >= 0.6 is 11.6 Å². The summed E-state index contributed by atoms with van der Waals surface area (Å²) in [6, 6.07) is 3.31. The van der Waals surface area contributed by atoms with E-state index in [-0.39, 0.29) is 0 Å². The summed E-state index contributed by atoms with van der Waals surface area (Å²) in [5, 5.41) is 0.0376. The number of halogens is 1. The minimum absolute atomic E-state index is 0.392. The van der Waals surface area contributed by atoms with Crippen molar-refractivity contribution in [2.75, 3.05) is 12.9 Å². The maximum absolute atomic E-state index is 11.7. The zero-order chi connectivity index (χ0) is 14.9. The molecule has 1 aromatic rings. The zero-order valence-corrected chi connectivity index (χ0v) is 13.1. The number of benzene rings is 1. The molecule has 2 unspecified atom stereocenters. The van der Waals surface area contributed by atoms with Gasteiger partial charge in [-0.2, -0.15) is 0 Å². The van der Waals surface area contributed by atoms with Gasteiger partial charge in [-0.3, -0.25) is 11.3 Å². The highest BCUT2D eigenvalue weighted by atomic mass is 35.5. The predicted molar refractivity (Wildman–Crippen MR) is 79.8 cm³/mol. The average Bonchev–Trinajstić information content (AvgIpc) is 2.81. The van der Waals surface area contributed by atoms with E-state index in [4.69, 9.17) is 22.2 Å². The summed E-state index contributed by atoms with van der Waals surface area (Å²) in [5.74, 6) is 6.33. The van der Waals surface area contributed by atoms with Gasteiger partial charge in [-0.05, 0) is 36.6 Å². The first-order valence-electron chi connectivity index (χ1n) is 6.42. The first-order chi connectivity index (χ1) is 9.32. The molecule has 2 rings (SSSR count). The van der Waals surface area contributed by atoms with Crippen molar-refractivity contribution in [1.29, 1.82) is 0 Å². The maximum atomic E-state index is 11.7. The van der Waals surface area contributed by atoms with Gasteiger partial charge in [0.1, 0.15) is 5.75 Å². The summed E-state index contributed by atoms with van der Waals surface area (Å²) in [6.45, 7) is 2.27. The number of sulfone groups is 1. The molecule has 0 aliphatic carbocycles. The second-order valence-corrected chi connectivity index (χ2v) is 8.00. The first-order valence-corrected chi connectivity index (χ1v) is 8.75. The van der Waals surface area contributed by atoms with Crippen LogP contribution in [0.5, 0.6) is 5.75 Å². The molecule has 0 saturated heterocycles. The zero-order valence-electron chi connectivity index (χ0n) is 11.5. The Hall–Kier alpha value is -0.820. The van der Waals surface area contributed by atoms with Gasteiger partial charge in [-0.15, -0.1) is 0 Å². The predicted octanol–water partition coefficient (Wildman–Crippen LogP) is 1.08. The summed E-state index contributed by atoms with van der Waals surface area (Å²) in [5.41, 5.74) is 4.55. The van der Waals surface area contributed by atoms with Crippen molar-refractivity contribution in [1.82, 2.24) is 5.43 Å². The monoisotopic (exact) mass is 318 g/mol. The van der Waals surface area contributed by atoms with Crippen LogP contribution in [0, 0.1) is 0 Å². The van der Waals surface area contributed by atoms with Gasteiger partial charge in [0.25, 0.3) is 0 Å². The minimum atomic E-state index is -3.17. The molecule has 1 aliphatic rings. The lowest BCUT2D eigenvalue weighted by Gasteiger charge is -2.22. The van der Waals surface area contributed by atoms with Crippen LogP contribution < -0.4 is 16.0 Å². The number of hydrogen-bond donors (Lipinski definition) is 2. The molecule has 7 heteroatoms. The van der Waals surface area contributed by atoms with Crippen LogP contribution in [-0.4, -0.2) is 32.6 Å². The van der Waals surface area contributed by atoms with Crippen LogP contribution in [-0.2, 0) is 22.7 Å². The van der Waals surface area contributed by atoms with Gasteiger partial charge in [0.2, 0.25) is 0 Å². The number of hydrazine groups is 1. The topological polar surface area (TPSA) is 81.4 Å². The van der Waals surface area contributed by atoms with Crippen LogP contribution in [0.1, 0.15) is 18.1 Å². The maximum Gasteiger partial charge on any atom is 0.151 e. The van der Waals surface area contributed by atoms with Gasteiger partial charge >= 0.3 is 0 Å². The van der Waals surface area contributed by atoms with Crippen molar-refractivity contribution < 1.29 is 13.2 Å². The third-order valence-corrected chi connectivity index (χ3v) is 5.62. The molecule has 20 heavy (non-hydrogen) atoms. The van der Waals surface area contributed by atoms with Gasteiger partial charge in [-0.25, -0.2) is 8.42 Å². The van der Waals surface area contributed by atoms with E-state index in [1.54, 1.807) is 6.92 Å². The number of nitrogens with two attached hydrogens (primary N) is 1. The van der Waals surface area contributed by atoms with Crippen molar-refractivity contribution in [2.45, 2.75) is 31.1 Å². The van der Waals surface area contributed by atoms with Crippen molar-refractivity contribution in [2.24, 2.45) is 5.84 Å². The molecule has 112 valence electrons. The second-order valence-electron chi connectivity index (χ2n) is 5.16. The highest BCUT2D eigenvalue weighted by Crippen LogP contribution is 2.34. The smallest absolute Gasteiger partial charge is 0.151 e. The number of nitrogens with one attached hydrogen (secondary N) is 1. The van der Waals surface area contributed by atoms with E-state index < -0.39 is 21.1 Å². The van der Waals surface area contributed by atoms with Crippen molar-refractivity contribution in [3.05, 3.63) is 28.3 Å². The van der Waals surface area contributed by atoms with E-state index in [0.29, 0.717) is 18.1 Å².